The van der Waals surface area contributed by atoms with Gasteiger partial charge in [-0.1, -0.05) is 27.7 Å². The number of nitrogens with one attached hydrogen (secondary N) is 1. The van der Waals surface area contributed by atoms with E-state index in [2.05, 4.69) is 44.8 Å². The quantitative estimate of drug-likeness (QED) is 0.665. The Balaban J connectivity index is 2.54. The highest BCUT2D eigenvalue weighted by atomic mass is 15.2. The molecule has 2 nitrogen and oxygen atoms in total. The Morgan fingerprint density at radius 2 is 1.94 bits per heavy atom. The first-order valence-corrected chi connectivity index (χ1v) is 8.02. The van der Waals surface area contributed by atoms with E-state index in [4.69, 9.17) is 0 Å². The summed E-state index contributed by atoms with van der Waals surface area (Å²) in [5.74, 6) is 0. The first kappa shape index (κ1) is 16.0. The van der Waals surface area contributed by atoms with Crippen molar-refractivity contribution >= 4 is 0 Å². The third-order valence-electron chi connectivity index (χ3n) is 4.82. The van der Waals surface area contributed by atoms with Gasteiger partial charge in [0.2, 0.25) is 0 Å². The highest BCUT2D eigenvalue weighted by Crippen LogP contribution is 2.31. The Morgan fingerprint density at radius 3 is 2.50 bits per heavy atom. The average molecular weight is 254 g/mol. The van der Waals surface area contributed by atoms with Crippen LogP contribution in [0.5, 0.6) is 0 Å². The molecule has 1 aliphatic heterocycles. The molecule has 0 spiro atoms. The van der Waals surface area contributed by atoms with E-state index in [0.717, 1.165) is 25.2 Å². The summed E-state index contributed by atoms with van der Waals surface area (Å²) in [6.45, 7) is 15.4. The molecule has 1 rings (SSSR count). The first-order chi connectivity index (χ1) is 8.56. The van der Waals surface area contributed by atoms with Gasteiger partial charge in [0, 0.05) is 25.2 Å². The number of hydrogen-bond donors (Lipinski definition) is 1. The van der Waals surface area contributed by atoms with Gasteiger partial charge in [-0.05, 0) is 51.0 Å². The van der Waals surface area contributed by atoms with Crippen LogP contribution in [0.1, 0.15) is 66.7 Å². The molecular weight excluding hydrogens is 220 g/mol. The van der Waals surface area contributed by atoms with Crippen molar-refractivity contribution in [2.24, 2.45) is 5.41 Å². The summed E-state index contributed by atoms with van der Waals surface area (Å²) < 4.78 is 0. The fourth-order valence-corrected chi connectivity index (χ4v) is 3.15. The predicted octanol–water partition coefficient (Wildman–Crippen LogP) is 3.67. The van der Waals surface area contributed by atoms with Crippen LogP contribution >= 0.6 is 0 Å². The van der Waals surface area contributed by atoms with Gasteiger partial charge in [0.05, 0.1) is 0 Å². The number of hydrogen-bond acceptors (Lipinski definition) is 2. The maximum atomic E-state index is 3.62. The molecule has 1 fully saturated rings. The van der Waals surface area contributed by atoms with Gasteiger partial charge in [0.25, 0.3) is 0 Å². The normalized spacial score (nSPS) is 28.5. The molecule has 0 aromatic heterocycles. The van der Waals surface area contributed by atoms with Crippen molar-refractivity contribution in [3.05, 3.63) is 0 Å². The molecule has 1 saturated heterocycles. The van der Waals surface area contributed by atoms with E-state index in [1.54, 1.807) is 0 Å². The first-order valence-electron chi connectivity index (χ1n) is 8.02. The molecule has 0 radical (unpaired) electrons. The van der Waals surface area contributed by atoms with Gasteiger partial charge in [-0.3, -0.25) is 4.90 Å². The van der Waals surface area contributed by atoms with E-state index in [-0.39, 0.29) is 0 Å². The summed E-state index contributed by atoms with van der Waals surface area (Å²) in [5.41, 5.74) is 0.432. The molecule has 0 aromatic rings. The molecule has 108 valence electrons. The highest BCUT2D eigenvalue weighted by molar-refractivity contribution is 4.89. The van der Waals surface area contributed by atoms with Gasteiger partial charge in [-0.15, -0.1) is 0 Å². The molecule has 0 aromatic carbocycles. The lowest BCUT2D eigenvalue weighted by atomic mass is 9.86. The van der Waals surface area contributed by atoms with Crippen molar-refractivity contribution < 1.29 is 0 Å². The highest BCUT2D eigenvalue weighted by Gasteiger charge is 2.34. The van der Waals surface area contributed by atoms with Crippen LogP contribution < -0.4 is 5.32 Å². The standard InChI is InChI=1S/C16H34N2/c1-6-11-17-12-16(5,8-3)13-18-14(4)9-10-15(18)7-2/h14-15,17H,6-13H2,1-5H3. The molecule has 0 saturated carbocycles. The smallest absolute Gasteiger partial charge is 0.00962 e. The molecule has 1 aliphatic rings. The molecule has 2 heteroatoms. The zero-order valence-electron chi connectivity index (χ0n) is 13.3. The lowest BCUT2D eigenvalue weighted by Gasteiger charge is -2.38. The summed E-state index contributed by atoms with van der Waals surface area (Å²) >= 11 is 0. The Morgan fingerprint density at radius 1 is 1.22 bits per heavy atom. The number of nitrogens with zero attached hydrogens (tertiary/aromatic N) is 1. The maximum absolute atomic E-state index is 3.62. The van der Waals surface area contributed by atoms with Gasteiger partial charge < -0.3 is 5.32 Å². The Kier molecular flexibility index (Phi) is 6.65. The molecule has 1 heterocycles. The van der Waals surface area contributed by atoms with Crippen molar-refractivity contribution in [3.8, 4) is 0 Å². The van der Waals surface area contributed by atoms with Crippen LogP contribution in [0.4, 0.5) is 0 Å². The van der Waals surface area contributed by atoms with Crippen molar-refractivity contribution in [1.82, 2.24) is 10.2 Å². The van der Waals surface area contributed by atoms with Crippen molar-refractivity contribution in [1.29, 1.82) is 0 Å². The predicted molar refractivity (Wildman–Crippen MR) is 81.0 cm³/mol. The SMILES string of the molecule is CCCNCC(C)(CC)CN1C(C)CCC1CC. The van der Waals surface area contributed by atoms with Gasteiger partial charge in [0.15, 0.2) is 0 Å². The molecule has 18 heavy (non-hydrogen) atoms. The minimum absolute atomic E-state index is 0.432. The number of rotatable bonds is 8. The van der Waals surface area contributed by atoms with Crippen LogP contribution in [0.3, 0.4) is 0 Å². The van der Waals surface area contributed by atoms with Crippen LogP contribution in [-0.4, -0.2) is 36.6 Å². The van der Waals surface area contributed by atoms with E-state index in [0.29, 0.717) is 5.41 Å². The van der Waals surface area contributed by atoms with Gasteiger partial charge >= 0.3 is 0 Å². The van der Waals surface area contributed by atoms with Crippen molar-refractivity contribution in [2.45, 2.75) is 78.8 Å². The van der Waals surface area contributed by atoms with E-state index < -0.39 is 0 Å². The summed E-state index contributed by atoms with van der Waals surface area (Å²) in [6.07, 6.45) is 6.61. The topological polar surface area (TPSA) is 15.3 Å². The molecular formula is C16H34N2. The minimum Gasteiger partial charge on any atom is -0.316 e. The maximum Gasteiger partial charge on any atom is 0.00962 e. The fraction of sp³-hybridized carbons (Fsp3) is 1.00. The van der Waals surface area contributed by atoms with Gasteiger partial charge in [0.1, 0.15) is 0 Å². The van der Waals surface area contributed by atoms with Crippen LogP contribution in [0, 0.1) is 5.41 Å². The van der Waals surface area contributed by atoms with E-state index in [1.165, 1.54) is 38.6 Å². The molecule has 1 N–H and O–H groups in total. The van der Waals surface area contributed by atoms with E-state index in [1.807, 2.05) is 0 Å². The molecule has 0 amide bonds. The van der Waals surface area contributed by atoms with Crippen molar-refractivity contribution in [2.75, 3.05) is 19.6 Å². The molecule has 3 atom stereocenters. The van der Waals surface area contributed by atoms with E-state index >= 15 is 0 Å². The lowest BCUT2D eigenvalue weighted by Crippen LogP contribution is -2.46. The summed E-state index contributed by atoms with van der Waals surface area (Å²) in [7, 11) is 0. The van der Waals surface area contributed by atoms with Crippen LogP contribution in [0.25, 0.3) is 0 Å². The fourth-order valence-electron chi connectivity index (χ4n) is 3.15. The minimum atomic E-state index is 0.432. The Hall–Kier alpha value is -0.0800. The molecule has 0 aliphatic carbocycles. The lowest BCUT2D eigenvalue weighted by molar-refractivity contribution is 0.113. The number of likely N-dealkylation sites (tertiary alicyclic amines) is 1. The zero-order valence-corrected chi connectivity index (χ0v) is 13.3. The average Bonchev–Trinajstić information content (AvgIpc) is 2.71. The monoisotopic (exact) mass is 254 g/mol. The second-order valence-electron chi connectivity index (χ2n) is 6.50. The second kappa shape index (κ2) is 7.49. The largest absolute Gasteiger partial charge is 0.316 e. The van der Waals surface area contributed by atoms with Crippen LogP contribution in [0.15, 0.2) is 0 Å². The zero-order chi connectivity index (χ0) is 13.6. The third-order valence-corrected chi connectivity index (χ3v) is 4.82. The summed E-state index contributed by atoms with van der Waals surface area (Å²) in [4.78, 5) is 2.77. The van der Waals surface area contributed by atoms with Crippen LogP contribution in [-0.2, 0) is 0 Å². The van der Waals surface area contributed by atoms with Crippen LogP contribution in [0.2, 0.25) is 0 Å². The van der Waals surface area contributed by atoms with E-state index in [9.17, 15) is 0 Å². The Bertz CT molecular complexity index is 229. The Labute approximate surface area is 115 Å². The third kappa shape index (κ3) is 4.24. The summed E-state index contributed by atoms with van der Waals surface area (Å²) in [6, 6.07) is 1.61. The summed E-state index contributed by atoms with van der Waals surface area (Å²) in [5, 5.41) is 3.62. The molecule has 0 bridgehead atoms. The molecule has 3 unspecified atom stereocenters. The van der Waals surface area contributed by atoms with Crippen molar-refractivity contribution in [3.63, 3.8) is 0 Å². The second-order valence-corrected chi connectivity index (χ2v) is 6.50. The van der Waals surface area contributed by atoms with Gasteiger partial charge in [-0.2, -0.15) is 0 Å². The van der Waals surface area contributed by atoms with Gasteiger partial charge in [-0.25, -0.2) is 0 Å².